The predicted molar refractivity (Wildman–Crippen MR) is 120 cm³/mol. The van der Waals surface area contributed by atoms with Crippen molar-refractivity contribution in [2.45, 2.75) is 26.8 Å². The Hall–Kier alpha value is -3.40. The fraction of sp³-hybridized carbons (Fsp3) is 0.231. The van der Waals surface area contributed by atoms with Crippen LogP contribution in [0, 0.1) is 19.8 Å². The second-order valence-electron chi connectivity index (χ2n) is 7.89. The highest BCUT2D eigenvalue weighted by molar-refractivity contribution is 6.05. The maximum absolute atomic E-state index is 13.6. The molecular formula is C26H26N2O2. The van der Waals surface area contributed by atoms with E-state index in [1.165, 1.54) is 0 Å². The summed E-state index contributed by atoms with van der Waals surface area (Å²) in [5.74, 6) is -0.356. The molecule has 1 aliphatic rings. The molecule has 1 aliphatic heterocycles. The number of anilines is 2. The van der Waals surface area contributed by atoms with Crippen molar-refractivity contribution in [3.8, 4) is 0 Å². The van der Waals surface area contributed by atoms with Gasteiger partial charge in [0.2, 0.25) is 11.8 Å². The van der Waals surface area contributed by atoms with Crippen molar-refractivity contribution in [3.63, 3.8) is 0 Å². The van der Waals surface area contributed by atoms with Gasteiger partial charge in [0.1, 0.15) is 0 Å². The summed E-state index contributed by atoms with van der Waals surface area (Å²) in [4.78, 5) is 30.1. The van der Waals surface area contributed by atoms with Gasteiger partial charge < -0.3 is 9.80 Å². The van der Waals surface area contributed by atoms with Gasteiger partial charge in [-0.05, 0) is 42.7 Å². The lowest BCUT2D eigenvalue weighted by molar-refractivity contribution is -0.124. The minimum Gasteiger partial charge on any atom is -0.311 e. The lowest BCUT2D eigenvalue weighted by atomic mass is 10.1. The summed E-state index contributed by atoms with van der Waals surface area (Å²) in [7, 11) is 0. The number of rotatable bonds is 5. The van der Waals surface area contributed by atoms with E-state index >= 15 is 0 Å². The van der Waals surface area contributed by atoms with E-state index in [1.807, 2.05) is 97.6 Å². The zero-order valence-electron chi connectivity index (χ0n) is 17.4. The second kappa shape index (κ2) is 8.54. The third-order valence-electron chi connectivity index (χ3n) is 5.70. The molecule has 1 unspecified atom stereocenters. The van der Waals surface area contributed by atoms with Crippen LogP contribution in [-0.2, 0) is 16.1 Å². The van der Waals surface area contributed by atoms with Gasteiger partial charge >= 0.3 is 0 Å². The molecule has 0 N–H and O–H groups in total. The molecule has 4 rings (SSSR count). The van der Waals surface area contributed by atoms with E-state index in [4.69, 9.17) is 0 Å². The standard InChI is InChI=1S/C26H26N2O2/c1-19-10-9-11-20(2)25(19)28-18-22(16-24(28)29)26(30)27(23-14-7-4-8-15-23)17-21-12-5-3-6-13-21/h3-15,22H,16-18H2,1-2H3. The van der Waals surface area contributed by atoms with Crippen LogP contribution >= 0.6 is 0 Å². The number of para-hydroxylation sites is 2. The Morgan fingerprint density at radius 1 is 0.900 bits per heavy atom. The fourth-order valence-corrected chi connectivity index (χ4v) is 4.21. The average molecular weight is 399 g/mol. The summed E-state index contributed by atoms with van der Waals surface area (Å²) in [6.45, 7) is 4.92. The number of carbonyl (C=O) groups excluding carboxylic acids is 2. The molecule has 0 spiro atoms. The molecule has 1 atom stereocenters. The normalized spacial score (nSPS) is 16.0. The molecule has 0 radical (unpaired) electrons. The molecule has 3 aromatic carbocycles. The molecule has 1 saturated heterocycles. The summed E-state index contributed by atoms with van der Waals surface area (Å²) in [5, 5.41) is 0. The lowest BCUT2D eigenvalue weighted by Crippen LogP contribution is -2.37. The molecule has 4 heteroatoms. The van der Waals surface area contributed by atoms with Crippen LogP contribution in [0.25, 0.3) is 0 Å². The van der Waals surface area contributed by atoms with E-state index in [0.29, 0.717) is 13.1 Å². The van der Waals surface area contributed by atoms with E-state index in [2.05, 4.69) is 0 Å². The van der Waals surface area contributed by atoms with E-state index < -0.39 is 0 Å². The Morgan fingerprint density at radius 3 is 2.13 bits per heavy atom. The molecule has 0 aromatic heterocycles. The topological polar surface area (TPSA) is 40.6 Å². The SMILES string of the molecule is Cc1cccc(C)c1N1CC(C(=O)N(Cc2ccccc2)c2ccccc2)CC1=O. The number of aryl methyl sites for hydroxylation is 2. The Balaban J connectivity index is 1.61. The van der Waals surface area contributed by atoms with Crippen molar-refractivity contribution >= 4 is 23.2 Å². The zero-order chi connectivity index (χ0) is 21.1. The number of nitrogens with zero attached hydrogens (tertiary/aromatic N) is 2. The quantitative estimate of drug-likeness (QED) is 0.614. The molecule has 0 bridgehead atoms. The maximum atomic E-state index is 13.6. The highest BCUT2D eigenvalue weighted by Gasteiger charge is 2.38. The van der Waals surface area contributed by atoms with E-state index in [-0.39, 0.29) is 24.2 Å². The van der Waals surface area contributed by atoms with Gasteiger partial charge in [-0.1, -0.05) is 66.7 Å². The van der Waals surface area contributed by atoms with Gasteiger partial charge in [-0.15, -0.1) is 0 Å². The van der Waals surface area contributed by atoms with Gasteiger partial charge in [0.05, 0.1) is 12.5 Å². The first-order valence-electron chi connectivity index (χ1n) is 10.3. The highest BCUT2D eigenvalue weighted by atomic mass is 16.2. The molecule has 4 nitrogen and oxygen atoms in total. The predicted octanol–water partition coefficient (Wildman–Crippen LogP) is 4.89. The first-order valence-corrected chi connectivity index (χ1v) is 10.3. The van der Waals surface area contributed by atoms with Crippen molar-refractivity contribution in [1.82, 2.24) is 0 Å². The van der Waals surface area contributed by atoms with Gasteiger partial charge in [0.15, 0.2) is 0 Å². The Bertz CT molecular complexity index is 1030. The lowest BCUT2D eigenvalue weighted by Gasteiger charge is -2.26. The largest absolute Gasteiger partial charge is 0.311 e. The molecule has 152 valence electrons. The zero-order valence-corrected chi connectivity index (χ0v) is 17.4. The van der Waals surface area contributed by atoms with Crippen LogP contribution in [0.5, 0.6) is 0 Å². The molecule has 3 aromatic rings. The molecule has 1 heterocycles. The Morgan fingerprint density at radius 2 is 1.50 bits per heavy atom. The number of benzene rings is 3. The second-order valence-corrected chi connectivity index (χ2v) is 7.89. The van der Waals surface area contributed by atoms with Gasteiger partial charge in [-0.25, -0.2) is 0 Å². The summed E-state index contributed by atoms with van der Waals surface area (Å²) in [5.41, 5.74) is 4.96. The Kier molecular flexibility index (Phi) is 5.66. The molecular weight excluding hydrogens is 372 g/mol. The van der Waals surface area contributed by atoms with E-state index in [9.17, 15) is 9.59 Å². The molecule has 1 fully saturated rings. The van der Waals surface area contributed by atoms with E-state index in [0.717, 1.165) is 28.1 Å². The van der Waals surface area contributed by atoms with Crippen LogP contribution in [0.1, 0.15) is 23.1 Å². The van der Waals surface area contributed by atoms with Crippen molar-refractivity contribution in [1.29, 1.82) is 0 Å². The van der Waals surface area contributed by atoms with Crippen molar-refractivity contribution < 1.29 is 9.59 Å². The number of amides is 2. The van der Waals surface area contributed by atoms with Crippen molar-refractivity contribution in [3.05, 3.63) is 95.6 Å². The highest BCUT2D eigenvalue weighted by Crippen LogP contribution is 2.32. The van der Waals surface area contributed by atoms with E-state index in [1.54, 1.807) is 4.90 Å². The van der Waals surface area contributed by atoms with Crippen LogP contribution in [0.2, 0.25) is 0 Å². The molecule has 30 heavy (non-hydrogen) atoms. The summed E-state index contributed by atoms with van der Waals surface area (Å²) in [6.07, 6.45) is 0.241. The van der Waals surface area contributed by atoms with Crippen LogP contribution in [0.3, 0.4) is 0 Å². The average Bonchev–Trinajstić information content (AvgIpc) is 3.14. The van der Waals surface area contributed by atoms with Crippen LogP contribution in [0.4, 0.5) is 11.4 Å². The third-order valence-corrected chi connectivity index (χ3v) is 5.70. The molecule has 2 amide bonds. The minimum absolute atomic E-state index is 0.00728. The fourth-order valence-electron chi connectivity index (χ4n) is 4.21. The molecule has 0 aliphatic carbocycles. The van der Waals surface area contributed by atoms with Crippen LogP contribution < -0.4 is 9.80 Å². The van der Waals surface area contributed by atoms with Crippen LogP contribution in [-0.4, -0.2) is 18.4 Å². The first kappa shape index (κ1) is 19.9. The molecule has 0 saturated carbocycles. The monoisotopic (exact) mass is 398 g/mol. The summed E-state index contributed by atoms with van der Waals surface area (Å²) >= 11 is 0. The first-order chi connectivity index (χ1) is 14.5. The summed E-state index contributed by atoms with van der Waals surface area (Å²) in [6, 6.07) is 25.7. The summed E-state index contributed by atoms with van der Waals surface area (Å²) < 4.78 is 0. The minimum atomic E-state index is -0.361. The maximum Gasteiger partial charge on any atom is 0.232 e. The smallest absolute Gasteiger partial charge is 0.232 e. The Labute approximate surface area is 177 Å². The number of hydrogen-bond acceptors (Lipinski definition) is 2. The van der Waals surface area contributed by atoms with Crippen molar-refractivity contribution in [2.75, 3.05) is 16.3 Å². The van der Waals surface area contributed by atoms with Crippen LogP contribution in [0.15, 0.2) is 78.9 Å². The number of hydrogen-bond donors (Lipinski definition) is 0. The van der Waals surface area contributed by atoms with Gasteiger partial charge in [0.25, 0.3) is 0 Å². The third kappa shape index (κ3) is 3.99. The van der Waals surface area contributed by atoms with Gasteiger partial charge in [-0.3, -0.25) is 9.59 Å². The van der Waals surface area contributed by atoms with Crippen molar-refractivity contribution in [2.24, 2.45) is 5.92 Å². The van der Waals surface area contributed by atoms with Gasteiger partial charge in [-0.2, -0.15) is 0 Å². The number of carbonyl (C=O) groups is 2. The van der Waals surface area contributed by atoms with Gasteiger partial charge in [0, 0.05) is 24.3 Å².